The van der Waals surface area contributed by atoms with Crippen molar-refractivity contribution in [2.45, 2.75) is 0 Å². The van der Waals surface area contributed by atoms with Gasteiger partial charge >= 0.3 is 6.09 Å². The van der Waals surface area contributed by atoms with Crippen LogP contribution in [0.3, 0.4) is 0 Å². The quantitative estimate of drug-likeness (QED) is 0.685. The minimum absolute atomic E-state index is 0.0209. The van der Waals surface area contributed by atoms with Gasteiger partial charge in [0.25, 0.3) is 0 Å². The highest BCUT2D eigenvalue weighted by atomic mass is 79.9. The smallest absolute Gasteiger partial charge is 0.409 e. The van der Waals surface area contributed by atoms with Gasteiger partial charge in [0, 0.05) is 18.3 Å². The molecule has 0 saturated heterocycles. The minimum atomic E-state index is -1.31. The normalized spacial score (nSPS) is 10.2. The number of nitrogens with one attached hydrogen (secondary N) is 2. The Morgan fingerprint density at radius 2 is 2.18 bits per heavy atom. The predicted octanol–water partition coefficient (Wildman–Crippen LogP) is 3.87. The van der Waals surface area contributed by atoms with Crippen LogP contribution < -0.4 is 15.4 Å². The molecule has 0 saturated carbocycles. The van der Waals surface area contributed by atoms with Crippen molar-refractivity contribution in [2.75, 3.05) is 17.7 Å². The van der Waals surface area contributed by atoms with Crippen LogP contribution in [-0.4, -0.2) is 28.3 Å². The highest BCUT2D eigenvalue weighted by Gasteiger charge is 2.14. The fraction of sp³-hybridized carbons (Fsp3) is 0.0833. The van der Waals surface area contributed by atoms with Crippen LogP contribution >= 0.6 is 27.5 Å². The summed E-state index contributed by atoms with van der Waals surface area (Å²) in [6, 6.07) is 2.29. The van der Waals surface area contributed by atoms with E-state index in [1.54, 1.807) is 0 Å². The summed E-state index contributed by atoms with van der Waals surface area (Å²) < 4.78 is 19.1. The average molecular weight is 392 g/mol. The van der Waals surface area contributed by atoms with Gasteiger partial charge in [0.15, 0.2) is 11.6 Å². The number of amides is 1. The fourth-order valence-corrected chi connectivity index (χ4v) is 2.02. The molecule has 0 bridgehead atoms. The van der Waals surface area contributed by atoms with Crippen molar-refractivity contribution in [3.05, 3.63) is 33.9 Å². The number of carboxylic acid groups (broad SMARTS) is 1. The molecule has 7 nitrogen and oxygen atoms in total. The molecule has 116 valence electrons. The third-order valence-corrected chi connectivity index (χ3v) is 3.26. The molecule has 0 aliphatic carbocycles. The monoisotopic (exact) mass is 390 g/mol. The van der Waals surface area contributed by atoms with E-state index in [1.807, 2.05) is 0 Å². The van der Waals surface area contributed by atoms with Gasteiger partial charge < -0.3 is 15.2 Å². The molecule has 3 N–H and O–H groups in total. The summed E-state index contributed by atoms with van der Waals surface area (Å²) in [5, 5.41) is 13.8. The zero-order valence-corrected chi connectivity index (χ0v) is 13.4. The van der Waals surface area contributed by atoms with Crippen molar-refractivity contribution in [3.63, 3.8) is 0 Å². The molecule has 0 aliphatic heterocycles. The lowest BCUT2D eigenvalue weighted by Crippen LogP contribution is -2.10. The lowest BCUT2D eigenvalue weighted by atomic mass is 10.2. The molecule has 22 heavy (non-hydrogen) atoms. The number of ether oxygens (including phenoxy) is 1. The van der Waals surface area contributed by atoms with Crippen LogP contribution in [0.15, 0.2) is 22.8 Å². The molecule has 0 atom stereocenters. The summed E-state index contributed by atoms with van der Waals surface area (Å²) in [5.41, 5.74) is 0.226. The maximum absolute atomic E-state index is 13.8. The number of aromatic nitrogens is 2. The molecule has 1 heterocycles. The topological polar surface area (TPSA) is 96.4 Å². The number of methoxy groups -OCH3 is 1. The standard InChI is InChI=1S/C12H9BrClFN4O3/c1-22-9-3-8(18-12(20)21)7(2-6(9)15)17-10-5(13)4-16-11(14)19-10/h2-4,18H,1H3,(H,20,21)(H,16,17,19). The SMILES string of the molecule is COc1cc(NC(=O)O)c(Nc2nc(Cl)ncc2Br)cc1F. The summed E-state index contributed by atoms with van der Waals surface area (Å²) in [7, 11) is 1.27. The van der Waals surface area contributed by atoms with Gasteiger partial charge in [-0.1, -0.05) is 0 Å². The molecule has 1 aromatic heterocycles. The highest BCUT2D eigenvalue weighted by molar-refractivity contribution is 9.10. The lowest BCUT2D eigenvalue weighted by Gasteiger charge is -2.14. The number of rotatable bonds is 4. The summed E-state index contributed by atoms with van der Waals surface area (Å²) in [6.45, 7) is 0. The maximum atomic E-state index is 13.8. The summed E-state index contributed by atoms with van der Waals surface area (Å²) in [5.74, 6) is -0.524. The van der Waals surface area contributed by atoms with Crippen molar-refractivity contribution in [1.29, 1.82) is 0 Å². The second-order valence-electron chi connectivity index (χ2n) is 3.92. The molecule has 0 aliphatic rings. The van der Waals surface area contributed by atoms with Crippen molar-refractivity contribution < 1.29 is 19.0 Å². The van der Waals surface area contributed by atoms with Gasteiger partial charge in [-0.2, -0.15) is 4.98 Å². The largest absolute Gasteiger partial charge is 0.494 e. The second kappa shape index (κ2) is 6.75. The number of hydrogen-bond donors (Lipinski definition) is 3. The first-order valence-corrected chi connectivity index (χ1v) is 6.90. The van der Waals surface area contributed by atoms with Crippen LogP contribution in [-0.2, 0) is 0 Å². The summed E-state index contributed by atoms with van der Waals surface area (Å²) in [4.78, 5) is 18.5. The van der Waals surface area contributed by atoms with Crippen LogP contribution in [0.4, 0.5) is 26.4 Å². The first-order valence-electron chi connectivity index (χ1n) is 5.73. The van der Waals surface area contributed by atoms with Gasteiger partial charge in [-0.25, -0.2) is 14.2 Å². The third kappa shape index (κ3) is 3.74. The van der Waals surface area contributed by atoms with Crippen molar-refractivity contribution in [3.8, 4) is 5.75 Å². The number of carbonyl (C=O) groups is 1. The molecule has 0 unspecified atom stereocenters. The van der Waals surface area contributed by atoms with E-state index in [0.29, 0.717) is 4.47 Å². The lowest BCUT2D eigenvalue weighted by molar-refractivity contribution is 0.209. The molecule has 0 radical (unpaired) electrons. The number of benzene rings is 1. The first-order chi connectivity index (χ1) is 10.4. The highest BCUT2D eigenvalue weighted by Crippen LogP contribution is 2.33. The zero-order valence-electron chi connectivity index (χ0n) is 11.0. The van der Waals surface area contributed by atoms with Crippen molar-refractivity contribution in [1.82, 2.24) is 9.97 Å². The van der Waals surface area contributed by atoms with Gasteiger partial charge in [-0.05, 0) is 27.5 Å². The van der Waals surface area contributed by atoms with E-state index in [0.717, 1.165) is 6.07 Å². The van der Waals surface area contributed by atoms with E-state index in [-0.39, 0.29) is 28.2 Å². The number of hydrogen-bond acceptors (Lipinski definition) is 5. The van der Waals surface area contributed by atoms with E-state index < -0.39 is 11.9 Å². The Hall–Kier alpha value is -2.13. The minimum Gasteiger partial charge on any atom is -0.494 e. The van der Waals surface area contributed by atoms with E-state index >= 15 is 0 Å². The Morgan fingerprint density at radius 1 is 1.45 bits per heavy atom. The van der Waals surface area contributed by atoms with Gasteiger partial charge in [0.2, 0.25) is 5.28 Å². The first kappa shape index (κ1) is 16.2. The number of halogens is 3. The van der Waals surface area contributed by atoms with E-state index in [9.17, 15) is 9.18 Å². The van der Waals surface area contributed by atoms with Crippen LogP contribution in [0.25, 0.3) is 0 Å². The van der Waals surface area contributed by atoms with Crippen LogP contribution in [0.1, 0.15) is 0 Å². The van der Waals surface area contributed by atoms with Crippen molar-refractivity contribution in [2.24, 2.45) is 0 Å². The Balaban J connectivity index is 2.46. The van der Waals surface area contributed by atoms with E-state index in [4.69, 9.17) is 21.4 Å². The van der Waals surface area contributed by atoms with Crippen LogP contribution in [0.2, 0.25) is 5.28 Å². The molecule has 2 aromatic rings. The van der Waals surface area contributed by atoms with Crippen LogP contribution in [0, 0.1) is 5.82 Å². The molecule has 2 rings (SSSR count). The molecular weight excluding hydrogens is 383 g/mol. The Morgan fingerprint density at radius 3 is 2.82 bits per heavy atom. The molecular formula is C12H9BrClFN4O3. The molecule has 10 heteroatoms. The van der Waals surface area contributed by atoms with E-state index in [2.05, 4.69) is 36.5 Å². The van der Waals surface area contributed by atoms with Gasteiger partial charge in [0.1, 0.15) is 5.82 Å². The summed E-state index contributed by atoms with van der Waals surface area (Å²) in [6.07, 6.45) is 0.0958. The second-order valence-corrected chi connectivity index (χ2v) is 5.12. The van der Waals surface area contributed by atoms with Gasteiger partial charge in [0.05, 0.1) is 23.0 Å². The Kier molecular flexibility index (Phi) is 4.99. The van der Waals surface area contributed by atoms with Gasteiger partial charge in [-0.15, -0.1) is 0 Å². The van der Waals surface area contributed by atoms with Gasteiger partial charge in [-0.3, -0.25) is 5.32 Å². The zero-order chi connectivity index (χ0) is 16.3. The molecule has 1 aromatic carbocycles. The number of nitrogens with zero attached hydrogens (tertiary/aromatic N) is 2. The summed E-state index contributed by atoms with van der Waals surface area (Å²) >= 11 is 8.91. The van der Waals surface area contributed by atoms with Crippen molar-refractivity contribution >= 4 is 50.8 Å². The molecule has 0 spiro atoms. The molecule has 1 amide bonds. The van der Waals surface area contributed by atoms with E-state index in [1.165, 1.54) is 19.4 Å². The third-order valence-electron chi connectivity index (χ3n) is 2.50. The van der Waals surface area contributed by atoms with Crippen LogP contribution in [0.5, 0.6) is 5.75 Å². The number of anilines is 3. The molecule has 0 fully saturated rings. The fourth-order valence-electron chi connectivity index (χ4n) is 1.59. The Bertz CT molecular complexity index is 732. The maximum Gasteiger partial charge on any atom is 0.409 e. The Labute approximate surface area is 137 Å². The predicted molar refractivity (Wildman–Crippen MR) is 82.6 cm³/mol. The average Bonchev–Trinajstić information content (AvgIpc) is 2.45.